The highest BCUT2D eigenvalue weighted by Crippen LogP contribution is 2.36. The second-order valence-corrected chi connectivity index (χ2v) is 10.3. The Balaban J connectivity index is 2.08. The van der Waals surface area contributed by atoms with Crippen LogP contribution in [0.25, 0.3) is 0 Å². The number of thiophene rings is 1. The van der Waals surface area contributed by atoms with E-state index >= 15 is 0 Å². The van der Waals surface area contributed by atoms with Gasteiger partial charge in [0.25, 0.3) is 15.9 Å². The SMILES string of the molecule is CNC[C@H]1Oc2c(NS(=O)(=O)c3cccs3)cccc2C(=O)N([C@@H](C)CO)C[C@@H]1C. The molecule has 0 saturated heterocycles. The number of rotatable bonds is 7. The van der Waals surface area contributed by atoms with Crippen molar-refractivity contribution in [1.82, 2.24) is 10.2 Å². The first-order chi connectivity index (χ1) is 14.3. The van der Waals surface area contributed by atoms with E-state index in [1.54, 1.807) is 48.5 Å². The standard InChI is InChI=1S/C20H27N3O5S2/c1-13-11-23(14(2)12-24)20(25)15-6-4-7-16(19(15)28-17(13)10-21-3)22-30(26,27)18-8-5-9-29-18/h4-9,13-14,17,21-22,24H,10-12H2,1-3H3/t13-,14-,17+/m0/s1. The van der Waals surface area contributed by atoms with Crippen LogP contribution in [0.15, 0.2) is 39.9 Å². The number of aliphatic hydroxyl groups is 1. The molecule has 3 rings (SSSR count). The second-order valence-electron chi connectivity index (χ2n) is 7.40. The van der Waals surface area contributed by atoms with Crippen LogP contribution in [0.2, 0.25) is 0 Å². The summed E-state index contributed by atoms with van der Waals surface area (Å²) in [5, 5.41) is 14.4. The van der Waals surface area contributed by atoms with Gasteiger partial charge in [0.2, 0.25) is 0 Å². The molecule has 0 aliphatic carbocycles. The van der Waals surface area contributed by atoms with E-state index < -0.39 is 10.0 Å². The number of carbonyl (C=O) groups excluding carboxylic acids is 1. The summed E-state index contributed by atoms with van der Waals surface area (Å²) in [7, 11) is -2.01. The minimum absolute atomic E-state index is 0.0505. The largest absolute Gasteiger partial charge is 0.486 e. The molecule has 8 nitrogen and oxygen atoms in total. The van der Waals surface area contributed by atoms with Gasteiger partial charge in [-0.15, -0.1) is 11.3 Å². The molecule has 10 heteroatoms. The number of fused-ring (bicyclic) bond motifs is 1. The Labute approximate surface area is 180 Å². The predicted octanol–water partition coefficient (Wildman–Crippen LogP) is 1.99. The smallest absolute Gasteiger partial charge is 0.271 e. The van der Waals surface area contributed by atoms with E-state index in [0.29, 0.717) is 13.1 Å². The van der Waals surface area contributed by atoms with Gasteiger partial charge in [0.15, 0.2) is 5.75 Å². The summed E-state index contributed by atoms with van der Waals surface area (Å²) in [4.78, 5) is 14.9. The maximum absolute atomic E-state index is 13.3. The van der Waals surface area contributed by atoms with Crippen molar-refractivity contribution in [3.05, 3.63) is 41.3 Å². The summed E-state index contributed by atoms with van der Waals surface area (Å²) in [6.07, 6.45) is -0.303. The average Bonchev–Trinajstić information content (AvgIpc) is 3.26. The van der Waals surface area contributed by atoms with E-state index in [1.165, 1.54) is 6.07 Å². The van der Waals surface area contributed by atoms with Crippen molar-refractivity contribution in [2.45, 2.75) is 30.2 Å². The summed E-state index contributed by atoms with van der Waals surface area (Å²) in [5.41, 5.74) is 0.468. The predicted molar refractivity (Wildman–Crippen MR) is 117 cm³/mol. The molecule has 0 spiro atoms. The molecular weight excluding hydrogens is 426 g/mol. The van der Waals surface area contributed by atoms with Crippen LogP contribution >= 0.6 is 11.3 Å². The molecular formula is C20H27N3O5S2. The van der Waals surface area contributed by atoms with Crippen LogP contribution in [-0.2, 0) is 10.0 Å². The van der Waals surface area contributed by atoms with Gasteiger partial charge in [-0.1, -0.05) is 19.1 Å². The van der Waals surface area contributed by atoms with Gasteiger partial charge in [0.05, 0.1) is 23.9 Å². The molecule has 0 bridgehead atoms. The number of amides is 1. The lowest BCUT2D eigenvalue weighted by Crippen LogP contribution is -2.49. The number of nitrogens with zero attached hydrogens (tertiary/aromatic N) is 1. The lowest BCUT2D eigenvalue weighted by atomic mass is 9.99. The number of hydrogen-bond acceptors (Lipinski definition) is 7. The minimum atomic E-state index is -3.81. The summed E-state index contributed by atoms with van der Waals surface area (Å²) in [5.74, 6) is -0.159. The van der Waals surface area contributed by atoms with Crippen molar-refractivity contribution in [3.63, 3.8) is 0 Å². The Kier molecular flexibility index (Phi) is 7.02. The normalized spacial score (nSPS) is 20.7. The molecule has 1 amide bonds. The van der Waals surface area contributed by atoms with Gasteiger partial charge in [-0.05, 0) is 37.6 Å². The Bertz CT molecular complexity index is 978. The number of likely N-dealkylation sites (N-methyl/N-ethyl adjacent to an activating group) is 1. The van der Waals surface area contributed by atoms with Crippen LogP contribution in [0.4, 0.5) is 5.69 Å². The van der Waals surface area contributed by atoms with Gasteiger partial charge in [-0.25, -0.2) is 8.42 Å². The summed E-state index contributed by atoms with van der Waals surface area (Å²) >= 11 is 1.11. The minimum Gasteiger partial charge on any atom is -0.486 e. The molecule has 1 aromatic heterocycles. The van der Waals surface area contributed by atoms with E-state index in [9.17, 15) is 18.3 Å². The zero-order valence-corrected chi connectivity index (χ0v) is 18.8. The second kappa shape index (κ2) is 9.34. The van der Waals surface area contributed by atoms with Crippen LogP contribution in [-0.4, -0.2) is 63.2 Å². The first kappa shape index (κ1) is 22.5. The number of aliphatic hydroxyl groups excluding tert-OH is 1. The molecule has 0 saturated carbocycles. The zero-order valence-electron chi connectivity index (χ0n) is 17.2. The van der Waals surface area contributed by atoms with Crippen molar-refractivity contribution >= 4 is 33.0 Å². The van der Waals surface area contributed by atoms with Gasteiger partial charge >= 0.3 is 0 Å². The fourth-order valence-electron chi connectivity index (χ4n) is 3.38. The van der Waals surface area contributed by atoms with Gasteiger partial charge in [0.1, 0.15) is 10.3 Å². The molecule has 1 aliphatic rings. The summed E-state index contributed by atoms with van der Waals surface area (Å²) in [6, 6.07) is 7.61. The number of carbonyl (C=O) groups is 1. The van der Waals surface area contributed by atoms with E-state index in [0.717, 1.165) is 11.3 Å². The van der Waals surface area contributed by atoms with Crippen molar-refractivity contribution in [3.8, 4) is 5.75 Å². The first-order valence-electron chi connectivity index (χ1n) is 9.71. The maximum Gasteiger partial charge on any atom is 0.271 e. The third-order valence-corrected chi connectivity index (χ3v) is 7.86. The number of hydrogen-bond donors (Lipinski definition) is 3. The van der Waals surface area contributed by atoms with Crippen LogP contribution in [0, 0.1) is 5.92 Å². The molecule has 164 valence electrons. The molecule has 1 aliphatic heterocycles. The Morgan fingerprint density at radius 1 is 1.33 bits per heavy atom. The van der Waals surface area contributed by atoms with E-state index in [4.69, 9.17) is 4.74 Å². The molecule has 1 aromatic carbocycles. The topological polar surface area (TPSA) is 108 Å². The lowest BCUT2D eigenvalue weighted by molar-refractivity contribution is 0.0417. The van der Waals surface area contributed by atoms with Crippen LogP contribution in [0.5, 0.6) is 5.75 Å². The van der Waals surface area contributed by atoms with Crippen LogP contribution in [0.3, 0.4) is 0 Å². The quantitative estimate of drug-likeness (QED) is 0.592. The third-order valence-electron chi connectivity index (χ3n) is 5.10. The highest BCUT2D eigenvalue weighted by atomic mass is 32.2. The molecule has 0 fully saturated rings. The fourth-order valence-corrected chi connectivity index (χ4v) is 5.44. The number of para-hydroxylation sites is 1. The Hall–Kier alpha value is -2.14. The number of anilines is 1. The Morgan fingerprint density at radius 3 is 2.73 bits per heavy atom. The van der Waals surface area contributed by atoms with Gasteiger partial charge in [-0.2, -0.15) is 0 Å². The molecule has 30 heavy (non-hydrogen) atoms. The average molecular weight is 454 g/mol. The highest BCUT2D eigenvalue weighted by molar-refractivity contribution is 7.94. The lowest BCUT2D eigenvalue weighted by Gasteiger charge is -2.37. The number of ether oxygens (including phenoxy) is 1. The van der Waals surface area contributed by atoms with Crippen molar-refractivity contribution in [1.29, 1.82) is 0 Å². The number of benzene rings is 1. The molecule has 0 unspecified atom stereocenters. The molecule has 3 N–H and O–H groups in total. The van der Waals surface area contributed by atoms with E-state index in [-0.39, 0.29) is 51.8 Å². The number of nitrogens with one attached hydrogen (secondary N) is 2. The monoisotopic (exact) mass is 453 g/mol. The van der Waals surface area contributed by atoms with Gasteiger partial charge < -0.3 is 20.1 Å². The maximum atomic E-state index is 13.3. The zero-order chi connectivity index (χ0) is 21.9. The molecule has 0 radical (unpaired) electrons. The van der Waals surface area contributed by atoms with Crippen molar-refractivity contribution in [2.24, 2.45) is 5.92 Å². The first-order valence-corrected chi connectivity index (χ1v) is 12.1. The number of sulfonamides is 1. The van der Waals surface area contributed by atoms with Gasteiger partial charge in [0, 0.05) is 19.0 Å². The van der Waals surface area contributed by atoms with E-state index in [1.807, 2.05) is 6.92 Å². The van der Waals surface area contributed by atoms with Crippen molar-refractivity contribution in [2.75, 3.05) is 31.5 Å². The third kappa shape index (κ3) is 4.61. The van der Waals surface area contributed by atoms with Gasteiger partial charge in [-0.3, -0.25) is 9.52 Å². The fraction of sp³-hybridized carbons (Fsp3) is 0.450. The van der Waals surface area contributed by atoms with Crippen molar-refractivity contribution < 1.29 is 23.1 Å². The summed E-state index contributed by atoms with van der Waals surface area (Å²) < 4.78 is 34.5. The molecule has 3 atom stereocenters. The summed E-state index contributed by atoms with van der Waals surface area (Å²) in [6.45, 7) is 4.51. The molecule has 2 heterocycles. The van der Waals surface area contributed by atoms with Crippen LogP contribution in [0.1, 0.15) is 24.2 Å². The highest BCUT2D eigenvalue weighted by Gasteiger charge is 2.34. The van der Waals surface area contributed by atoms with E-state index in [2.05, 4.69) is 10.0 Å². The Morgan fingerprint density at radius 2 is 2.10 bits per heavy atom. The molecule has 2 aromatic rings. The van der Waals surface area contributed by atoms with Crippen LogP contribution < -0.4 is 14.8 Å².